The van der Waals surface area contributed by atoms with Gasteiger partial charge >= 0.3 is 0 Å². The molecule has 0 radical (unpaired) electrons. The van der Waals surface area contributed by atoms with Gasteiger partial charge in [0.25, 0.3) is 0 Å². The van der Waals surface area contributed by atoms with Gasteiger partial charge < -0.3 is 16.2 Å². The fourth-order valence-electron chi connectivity index (χ4n) is 2.41. The number of aromatic nitrogens is 3. The Balaban J connectivity index is 2.00. The lowest BCUT2D eigenvalue weighted by molar-refractivity contribution is 0.206. The third-order valence-electron chi connectivity index (χ3n) is 3.74. The first-order chi connectivity index (χ1) is 11.4. The highest BCUT2D eigenvalue weighted by Crippen LogP contribution is 2.38. The van der Waals surface area contributed by atoms with Crippen molar-refractivity contribution in [3.05, 3.63) is 30.1 Å². The van der Waals surface area contributed by atoms with E-state index in [0.717, 1.165) is 16.9 Å². The zero-order chi connectivity index (χ0) is 17.3. The summed E-state index contributed by atoms with van der Waals surface area (Å²) in [6.07, 6.45) is 1.38. The summed E-state index contributed by atoms with van der Waals surface area (Å²) in [5.41, 5.74) is 8.01. The van der Waals surface area contributed by atoms with Crippen LogP contribution >= 0.6 is 0 Å². The maximum Gasteiger partial charge on any atom is 0.236 e. The molecular formula is C17H20N6O. The number of hydrogen-bond donors (Lipinski definition) is 3. The van der Waals surface area contributed by atoms with Crippen LogP contribution in [0.4, 0.5) is 23.3 Å². The molecule has 1 atom stereocenters. The largest absolute Gasteiger partial charge is 0.395 e. The highest BCUT2D eigenvalue weighted by Gasteiger charge is 2.29. The Morgan fingerprint density at radius 3 is 2.88 bits per heavy atom. The summed E-state index contributed by atoms with van der Waals surface area (Å²) in [5.74, 6) is 6.88. The number of nitrogens with one attached hydrogen (secondary N) is 1. The van der Waals surface area contributed by atoms with E-state index in [0.29, 0.717) is 5.95 Å². The van der Waals surface area contributed by atoms with Crippen molar-refractivity contribution in [2.75, 3.05) is 22.6 Å². The summed E-state index contributed by atoms with van der Waals surface area (Å²) in [6, 6.07) is 5.91. The SMILES string of the molecule is CC1Nc2ccc(C#CC(C)(C)CO)cc2N1c1ncnc(N)n1. The molecule has 0 saturated carbocycles. The van der Waals surface area contributed by atoms with E-state index in [1.54, 1.807) is 0 Å². The molecule has 2 heterocycles. The van der Waals surface area contributed by atoms with E-state index < -0.39 is 5.41 Å². The number of benzene rings is 1. The zero-order valence-electron chi connectivity index (χ0n) is 13.9. The molecule has 3 rings (SSSR count). The monoisotopic (exact) mass is 324 g/mol. The van der Waals surface area contributed by atoms with Crippen molar-refractivity contribution in [1.29, 1.82) is 0 Å². The van der Waals surface area contributed by atoms with Crippen LogP contribution in [0.1, 0.15) is 26.3 Å². The predicted molar refractivity (Wildman–Crippen MR) is 93.6 cm³/mol. The number of nitrogen functional groups attached to an aromatic ring is 1. The number of nitrogens with two attached hydrogens (primary N) is 1. The van der Waals surface area contributed by atoms with Crippen LogP contribution in [-0.2, 0) is 0 Å². The van der Waals surface area contributed by atoms with Crippen LogP contribution in [0.2, 0.25) is 0 Å². The van der Waals surface area contributed by atoms with Crippen molar-refractivity contribution in [3.63, 3.8) is 0 Å². The van der Waals surface area contributed by atoms with Crippen molar-refractivity contribution in [2.45, 2.75) is 26.9 Å². The van der Waals surface area contributed by atoms with Crippen molar-refractivity contribution < 1.29 is 5.11 Å². The average molecular weight is 324 g/mol. The fraction of sp³-hybridized carbons (Fsp3) is 0.353. The highest BCUT2D eigenvalue weighted by atomic mass is 16.3. The quantitative estimate of drug-likeness (QED) is 0.723. The van der Waals surface area contributed by atoms with Gasteiger partial charge in [-0.05, 0) is 39.0 Å². The van der Waals surface area contributed by atoms with Gasteiger partial charge in [-0.1, -0.05) is 11.8 Å². The maximum absolute atomic E-state index is 9.32. The molecule has 1 aromatic carbocycles. The number of aliphatic hydroxyl groups is 1. The standard InChI is InChI=1S/C17H20N6O/c1-11-21-13-5-4-12(6-7-17(2,3)9-24)8-14(13)23(11)16-20-10-19-15(18)22-16/h4-5,8,10-11,21,24H,9H2,1-3H3,(H2,18,19,20,22). The Morgan fingerprint density at radius 1 is 1.38 bits per heavy atom. The van der Waals surface area contributed by atoms with Crippen molar-refractivity contribution in [3.8, 4) is 11.8 Å². The van der Waals surface area contributed by atoms with Gasteiger partial charge in [-0.25, -0.2) is 9.97 Å². The average Bonchev–Trinajstić information content (AvgIpc) is 2.88. The van der Waals surface area contributed by atoms with Gasteiger partial charge in [0, 0.05) is 11.0 Å². The second-order valence-electron chi connectivity index (χ2n) is 6.36. The topological polar surface area (TPSA) is 100 Å². The van der Waals surface area contributed by atoms with Crippen LogP contribution in [0, 0.1) is 17.3 Å². The van der Waals surface area contributed by atoms with Gasteiger partial charge in [0.1, 0.15) is 12.5 Å². The number of hydrogen-bond acceptors (Lipinski definition) is 7. The molecule has 0 aliphatic carbocycles. The van der Waals surface area contributed by atoms with Gasteiger partial charge in [-0.3, -0.25) is 4.90 Å². The molecule has 0 saturated heterocycles. The van der Waals surface area contributed by atoms with E-state index in [1.807, 2.05) is 43.9 Å². The predicted octanol–water partition coefficient (Wildman–Crippen LogP) is 1.73. The van der Waals surface area contributed by atoms with Crippen molar-refractivity contribution in [2.24, 2.45) is 5.41 Å². The molecule has 1 aliphatic rings. The van der Waals surface area contributed by atoms with Crippen molar-refractivity contribution in [1.82, 2.24) is 15.0 Å². The molecule has 24 heavy (non-hydrogen) atoms. The molecule has 0 amide bonds. The Morgan fingerprint density at radius 2 is 2.17 bits per heavy atom. The van der Waals surface area contributed by atoms with Gasteiger partial charge in [0.05, 0.1) is 18.0 Å². The number of fused-ring (bicyclic) bond motifs is 1. The summed E-state index contributed by atoms with van der Waals surface area (Å²) in [4.78, 5) is 14.2. The van der Waals surface area contributed by atoms with Gasteiger partial charge in [-0.2, -0.15) is 4.98 Å². The zero-order valence-corrected chi connectivity index (χ0v) is 13.9. The molecule has 124 valence electrons. The molecule has 4 N–H and O–H groups in total. The minimum Gasteiger partial charge on any atom is -0.395 e. The molecule has 7 nitrogen and oxygen atoms in total. The second kappa shape index (κ2) is 5.98. The summed E-state index contributed by atoms with van der Waals surface area (Å²) in [7, 11) is 0. The number of rotatable bonds is 2. The molecule has 0 bridgehead atoms. The van der Waals surface area contributed by atoms with Gasteiger partial charge in [-0.15, -0.1) is 0 Å². The second-order valence-corrected chi connectivity index (χ2v) is 6.36. The highest BCUT2D eigenvalue weighted by molar-refractivity contribution is 5.81. The van der Waals surface area contributed by atoms with Crippen LogP contribution in [0.25, 0.3) is 0 Å². The number of nitrogens with zero attached hydrogens (tertiary/aromatic N) is 4. The fourth-order valence-corrected chi connectivity index (χ4v) is 2.41. The molecule has 7 heteroatoms. The van der Waals surface area contributed by atoms with E-state index in [4.69, 9.17) is 5.73 Å². The van der Waals surface area contributed by atoms with E-state index in [1.165, 1.54) is 6.33 Å². The first-order valence-corrected chi connectivity index (χ1v) is 7.68. The third-order valence-corrected chi connectivity index (χ3v) is 3.74. The first kappa shape index (κ1) is 16.0. The summed E-state index contributed by atoms with van der Waals surface area (Å²) in [6.45, 7) is 5.83. The van der Waals surface area contributed by atoms with E-state index in [-0.39, 0.29) is 18.7 Å². The Kier molecular flexibility index (Phi) is 3.99. The van der Waals surface area contributed by atoms with Crippen LogP contribution in [0.15, 0.2) is 24.5 Å². The molecule has 1 aliphatic heterocycles. The summed E-state index contributed by atoms with van der Waals surface area (Å²) >= 11 is 0. The van der Waals surface area contributed by atoms with E-state index in [9.17, 15) is 5.11 Å². The van der Waals surface area contributed by atoms with Crippen LogP contribution in [0.5, 0.6) is 0 Å². The van der Waals surface area contributed by atoms with Gasteiger partial charge in [0.2, 0.25) is 11.9 Å². The molecule has 2 aromatic rings. The minimum absolute atomic E-state index is 0.0137. The molecule has 1 unspecified atom stereocenters. The summed E-state index contributed by atoms with van der Waals surface area (Å²) in [5, 5.41) is 12.7. The maximum atomic E-state index is 9.32. The van der Waals surface area contributed by atoms with Crippen LogP contribution < -0.4 is 16.0 Å². The van der Waals surface area contributed by atoms with Crippen LogP contribution in [-0.4, -0.2) is 32.8 Å². The Bertz CT molecular complexity index is 823. The molecular weight excluding hydrogens is 304 g/mol. The van der Waals surface area contributed by atoms with Crippen molar-refractivity contribution >= 4 is 23.3 Å². The Hall–Kier alpha value is -2.85. The molecule has 1 aromatic heterocycles. The van der Waals surface area contributed by atoms with E-state index >= 15 is 0 Å². The minimum atomic E-state index is -0.438. The lowest BCUT2D eigenvalue weighted by Crippen LogP contribution is -2.30. The Labute approximate surface area is 141 Å². The van der Waals surface area contributed by atoms with Gasteiger partial charge in [0.15, 0.2) is 0 Å². The summed E-state index contributed by atoms with van der Waals surface area (Å²) < 4.78 is 0. The lowest BCUT2D eigenvalue weighted by atomic mass is 9.95. The van der Waals surface area contributed by atoms with Crippen LogP contribution in [0.3, 0.4) is 0 Å². The van der Waals surface area contributed by atoms with E-state index in [2.05, 4.69) is 32.1 Å². The molecule has 0 spiro atoms. The smallest absolute Gasteiger partial charge is 0.236 e. The number of aliphatic hydroxyl groups excluding tert-OH is 1. The number of anilines is 4. The third kappa shape index (κ3) is 3.09. The first-order valence-electron chi connectivity index (χ1n) is 7.68. The lowest BCUT2D eigenvalue weighted by Gasteiger charge is -2.21. The normalized spacial score (nSPS) is 16.2. The molecule has 0 fully saturated rings.